The lowest BCUT2D eigenvalue weighted by molar-refractivity contribution is 0.151. The van der Waals surface area contributed by atoms with Gasteiger partial charge in [0, 0.05) is 28.9 Å². The first kappa shape index (κ1) is 13.9. The molecular weight excluding hydrogens is 272 g/mol. The van der Waals surface area contributed by atoms with E-state index < -0.39 is 6.43 Å². The van der Waals surface area contributed by atoms with Gasteiger partial charge in [0.15, 0.2) is 5.82 Å². The average Bonchev–Trinajstić information content (AvgIpc) is 2.96. The van der Waals surface area contributed by atoms with E-state index >= 15 is 0 Å². The zero-order valence-corrected chi connectivity index (χ0v) is 11.9. The SMILES string of the molecule is CCNc1nc(-c2cccc(C(F)F)c2)nc2c1CCC2. The van der Waals surface area contributed by atoms with Crippen molar-refractivity contribution in [1.29, 1.82) is 0 Å². The Morgan fingerprint density at radius 3 is 2.86 bits per heavy atom. The van der Waals surface area contributed by atoms with Crippen molar-refractivity contribution in [2.24, 2.45) is 0 Å². The topological polar surface area (TPSA) is 37.8 Å². The Labute approximate surface area is 122 Å². The smallest absolute Gasteiger partial charge is 0.263 e. The molecule has 1 heterocycles. The lowest BCUT2D eigenvalue weighted by atomic mass is 10.1. The van der Waals surface area contributed by atoms with E-state index in [1.807, 2.05) is 6.92 Å². The van der Waals surface area contributed by atoms with Crippen LogP contribution in [0.3, 0.4) is 0 Å². The Bertz CT molecular complexity index is 656. The lowest BCUT2D eigenvalue weighted by Gasteiger charge is -2.11. The zero-order valence-electron chi connectivity index (χ0n) is 11.9. The molecule has 3 nitrogen and oxygen atoms in total. The van der Waals surface area contributed by atoms with Crippen molar-refractivity contribution in [3.8, 4) is 11.4 Å². The summed E-state index contributed by atoms with van der Waals surface area (Å²) in [4.78, 5) is 9.11. The molecule has 0 bridgehead atoms. The van der Waals surface area contributed by atoms with Gasteiger partial charge in [0.05, 0.1) is 0 Å². The number of aromatic nitrogens is 2. The fourth-order valence-corrected chi connectivity index (χ4v) is 2.69. The number of fused-ring (bicyclic) bond motifs is 1. The molecule has 0 saturated carbocycles. The maximum atomic E-state index is 12.8. The van der Waals surface area contributed by atoms with Crippen molar-refractivity contribution < 1.29 is 8.78 Å². The third-order valence-electron chi connectivity index (χ3n) is 3.67. The van der Waals surface area contributed by atoms with Gasteiger partial charge in [0.25, 0.3) is 6.43 Å². The number of rotatable bonds is 4. The predicted octanol–water partition coefficient (Wildman–Crippen LogP) is 4.00. The second-order valence-electron chi connectivity index (χ2n) is 5.13. The van der Waals surface area contributed by atoms with Crippen LogP contribution >= 0.6 is 0 Å². The maximum Gasteiger partial charge on any atom is 0.263 e. The third-order valence-corrected chi connectivity index (χ3v) is 3.67. The van der Waals surface area contributed by atoms with Gasteiger partial charge in [0.2, 0.25) is 0 Å². The monoisotopic (exact) mass is 289 g/mol. The number of anilines is 1. The zero-order chi connectivity index (χ0) is 14.8. The van der Waals surface area contributed by atoms with Crippen LogP contribution in [0.2, 0.25) is 0 Å². The number of alkyl halides is 2. The number of hydrogen-bond donors (Lipinski definition) is 1. The normalized spacial score (nSPS) is 13.5. The molecule has 5 heteroatoms. The van der Waals surface area contributed by atoms with E-state index in [1.165, 1.54) is 17.7 Å². The van der Waals surface area contributed by atoms with Gasteiger partial charge in [-0.05, 0) is 32.3 Å². The molecular formula is C16H17F2N3. The van der Waals surface area contributed by atoms with Gasteiger partial charge in [-0.25, -0.2) is 18.7 Å². The Kier molecular flexibility index (Phi) is 3.82. The Hall–Kier alpha value is -2.04. The summed E-state index contributed by atoms with van der Waals surface area (Å²) in [6.07, 6.45) is 0.503. The summed E-state index contributed by atoms with van der Waals surface area (Å²) in [6, 6.07) is 6.29. The minimum absolute atomic E-state index is 0.00148. The van der Waals surface area contributed by atoms with Crippen LogP contribution < -0.4 is 5.32 Å². The minimum Gasteiger partial charge on any atom is -0.370 e. The van der Waals surface area contributed by atoms with Gasteiger partial charge < -0.3 is 5.32 Å². The van der Waals surface area contributed by atoms with Crippen LogP contribution in [0.5, 0.6) is 0 Å². The highest BCUT2D eigenvalue weighted by Gasteiger charge is 2.20. The molecule has 2 aromatic rings. The van der Waals surface area contributed by atoms with E-state index in [-0.39, 0.29) is 5.56 Å². The van der Waals surface area contributed by atoms with Crippen LogP contribution in [0.1, 0.15) is 36.6 Å². The summed E-state index contributed by atoms with van der Waals surface area (Å²) in [7, 11) is 0. The van der Waals surface area contributed by atoms with Crippen molar-refractivity contribution in [3.05, 3.63) is 41.1 Å². The van der Waals surface area contributed by atoms with Gasteiger partial charge in [-0.3, -0.25) is 0 Å². The van der Waals surface area contributed by atoms with Crippen LogP contribution in [0.25, 0.3) is 11.4 Å². The summed E-state index contributed by atoms with van der Waals surface area (Å²) in [5, 5.41) is 3.26. The van der Waals surface area contributed by atoms with Crippen molar-refractivity contribution in [2.75, 3.05) is 11.9 Å². The van der Waals surface area contributed by atoms with Gasteiger partial charge in [0.1, 0.15) is 5.82 Å². The summed E-state index contributed by atoms with van der Waals surface area (Å²) in [5.41, 5.74) is 2.85. The van der Waals surface area contributed by atoms with Gasteiger partial charge in [-0.15, -0.1) is 0 Å². The molecule has 0 amide bonds. The Balaban J connectivity index is 2.06. The quantitative estimate of drug-likeness (QED) is 0.924. The molecule has 0 aliphatic heterocycles. The first-order valence-electron chi connectivity index (χ1n) is 7.21. The summed E-state index contributed by atoms with van der Waals surface area (Å²) < 4.78 is 25.7. The number of nitrogens with one attached hydrogen (secondary N) is 1. The number of aryl methyl sites for hydroxylation is 1. The maximum absolute atomic E-state index is 12.8. The van der Waals surface area contributed by atoms with E-state index in [1.54, 1.807) is 12.1 Å². The van der Waals surface area contributed by atoms with E-state index in [0.717, 1.165) is 37.3 Å². The molecule has 0 unspecified atom stereocenters. The molecule has 3 rings (SSSR count). The first-order chi connectivity index (χ1) is 10.2. The highest BCUT2D eigenvalue weighted by Crippen LogP contribution is 2.30. The van der Waals surface area contributed by atoms with Crippen molar-refractivity contribution in [1.82, 2.24) is 9.97 Å². The summed E-state index contributed by atoms with van der Waals surface area (Å²) >= 11 is 0. The summed E-state index contributed by atoms with van der Waals surface area (Å²) in [5.74, 6) is 1.37. The lowest BCUT2D eigenvalue weighted by Crippen LogP contribution is -2.06. The fourth-order valence-electron chi connectivity index (χ4n) is 2.69. The van der Waals surface area contributed by atoms with Crippen LogP contribution in [0, 0.1) is 0 Å². The molecule has 0 atom stereocenters. The molecule has 110 valence electrons. The number of halogens is 2. The van der Waals surface area contributed by atoms with Crippen LogP contribution in [-0.2, 0) is 12.8 Å². The van der Waals surface area contributed by atoms with Crippen molar-refractivity contribution in [3.63, 3.8) is 0 Å². The van der Waals surface area contributed by atoms with Crippen LogP contribution in [-0.4, -0.2) is 16.5 Å². The molecule has 1 aliphatic carbocycles. The molecule has 1 aromatic carbocycles. The standard InChI is InChI=1S/C16H17F2N3/c1-2-19-16-12-7-4-8-13(12)20-15(21-16)11-6-3-5-10(9-11)14(17)18/h3,5-6,9,14H,2,4,7-8H2,1H3,(H,19,20,21). The van der Waals surface area contributed by atoms with Crippen molar-refractivity contribution in [2.45, 2.75) is 32.6 Å². The van der Waals surface area contributed by atoms with Gasteiger partial charge in [-0.1, -0.05) is 18.2 Å². The molecule has 0 saturated heterocycles. The van der Waals surface area contributed by atoms with Crippen LogP contribution in [0.4, 0.5) is 14.6 Å². The van der Waals surface area contributed by atoms with Crippen LogP contribution in [0.15, 0.2) is 24.3 Å². The van der Waals surface area contributed by atoms with E-state index in [2.05, 4.69) is 15.3 Å². The third kappa shape index (κ3) is 2.73. The molecule has 1 aromatic heterocycles. The van der Waals surface area contributed by atoms with E-state index in [0.29, 0.717) is 11.4 Å². The largest absolute Gasteiger partial charge is 0.370 e. The minimum atomic E-state index is -2.48. The molecule has 0 fully saturated rings. The second-order valence-corrected chi connectivity index (χ2v) is 5.13. The van der Waals surface area contributed by atoms with Gasteiger partial charge in [-0.2, -0.15) is 0 Å². The Morgan fingerprint density at radius 2 is 2.10 bits per heavy atom. The molecule has 0 spiro atoms. The fraction of sp³-hybridized carbons (Fsp3) is 0.375. The highest BCUT2D eigenvalue weighted by atomic mass is 19.3. The number of hydrogen-bond acceptors (Lipinski definition) is 3. The molecule has 1 N–H and O–H groups in total. The number of nitrogens with zero attached hydrogens (tertiary/aromatic N) is 2. The molecule has 1 aliphatic rings. The Morgan fingerprint density at radius 1 is 1.24 bits per heavy atom. The van der Waals surface area contributed by atoms with Gasteiger partial charge >= 0.3 is 0 Å². The average molecular weight is 289 g/mol. The van der Waals surface area contributed by atoms with E-state index in [4.69, 9.17) is 0 Å². The predicted molar refractivity (Wildman–Crippen MR) is 78.6 cm³/mol. The second kappa shape index (κ2) is 5.76. The highest BCUT2D eigenvalue weighted by molar-refractivity contribution is 5.61. The first-order valence-corrected chi connectivity index (χ1v) is 7.21. The molecule has 21 heavy (non-hydrogen) atoms. The number of benzene rings is 1. The van der Waals surface area contributed by atoms with E-state index in [9.17, 15) is 8.78 Å². The van der Waals surface area contributed by atoms with Crippen molar-refractivity contribution >= 4 is 5.82 Å². The summed E-state index contributed by atoms with van der Waals surface area (Å²) in [6.45, 7) is 2.79. The molecule has 0 radical (unpaired) electrons.